The first-order chi connectivity index (χ1) is 12.3. The van der Waals surface area contributed by atoms with E-state index in [1.807, 2.05) is 23.1 Å². The molecule has 2 aliphatic rings. The van der Waals surface area contributed by atoms with E-state index in [1.165, 1.54) is 25.7 Å². The van der Waals surface area contributed by atoms with E-state index >= 15 is 0 Å². The molecule has 140 valence electrons. The standard InChI is InChI=1S/C19H33N5O/c1-3-20-18(21-11-7-13-24-14-8-12-22-24)23-16-15-17(25-4-2)19(16)9-5-6-10-19/h8,12,14,16-17H,3-7,9-11,13,15H2,1-2H3,(H2,20,21,23). The van der Waals surface area contributed by atoms with E-state index < -0.39 is 0 Å². The summed E-state index contributed by atoms with van der Waals surface area (Å²) in [5.41, 5.74) is 0.335. The van der Waals surface area contributed by atoms with E-state index in [9.17, 15) is 0 Å². The zero-order chi connectivity index (χ0) is 17.5. The van der Waals surface area contributed by atoms with Gasteiger partial charge in [0.15, 0.2) is 5.96 Å². The molecule has 2 fully saturated rings. The zero-order valence-electron chi connectivity index (χ0n) is 15.7. The number of aliphatic imine (C=N–C) groups is 1. The highest BCUT2D eigenvalue weighted by atomic mass is 16.5. The van der Waals surface area contributed by atoms with Crippen molar-refractivity contribution in [3.8, 4) is 0 Å². The molecule has 1 spiro atoms. The van der Waals surface area contributed by atoms with Gasteiger partial charge >= 0.3 is 0 Å². The number of nitrogens with zero attached hydrogens (tertiary/aromatic N) is 3. The third-order valence-corrected chi connectivity index (χ3v) is 5.72. The van der Waals surface area contributed by atoms with E-state index in [0.29, 0.717) is 17.6 Å². The Labute approximate surface area is 151 Å². The van der Waals surface area contributed by atoms with Crippen LogP contribution in [0.4, 0.5) is 0 Å². The van der Waals surface area contributed by atoms with Crippen LogP contribution in [0.25, 0.3) is 0 Å². The molecule has 0 aromatic carbocycles. The Bertz CT molecular complexity index is 536. The predicted molar refractivity (Wildman–Crippen MR) is 101 cm³/mol. The molecule has 0 saturated heterocycles. The van der Waals surface area contributed by atoms with Crippen LogP contribution < -0.4 is 10.6 Å². The Morgan fingerprint density at radius 3 is 2.88 bits per heavy atom. The molecule has 25 heavy (non-hydrogen) atoms. The largest absolute Gasteiger partial charge is 0.378 e. The van der Waals surface area contributed by atoms with Crippen LogP contribution in [0.3, 0.4) is 0 Å². The third-order valence-electron chi connectivity index (χ3n) is 5.72. The summed E-state index contributed by atoms with van der Waals surface area (Å²) in [6, 6.07) is 2.46. The smallest absolute Gasteiger partial charge is 0.191 e. The second kappa shape index (κ2) is 8.70. The van der Waals surface area contributed by atoms with E-state index in [1.54, 1.807) is 0 Å². The van der Waals surface area contributed by atoms with Crippen LogP contribution in [0.15, 0.2) is 23.5 Å². The van der Waals surface area contributed by atoms with Gasteiger partial charge in [-0.2, -0.15) is 5.10 Å². The van der Waals surface area contributed by atoms with Gasteiger partial charge in [-0.3, -0.25) is 9.67 Å². The molecule has 2 atom stereocenters. The van der Waals surface area contributed by atoms with Crippen molar-refractivity contribution in [2.24, 2.45) is 10.4 Å². The van der Waals surface area contributed by atoms with Crippen LogP contribution in [0.1, 0.15) is 52.4 Å². The molecular formula is C19H33N5O. The summed E-state index contributed by atoms with van der Waals surface area (Å²) in [7, 11) is 0. The molecule has 2 aliphatic carbocycles. The third kappa shape index (κ3) is 4.17. The number of rotatable bonds is 8. The highest BCUT2D eigenvalue weighted by molar-refractivity contribution is 5.80. The Hall–Kier alpha value is -1.56. The van der Waals surface area contributed by atoms with Crippen LogP contribution in [0.5, 0.6) is 0 Å². The maximum absolute atomic E-state index is 6.02. The summed E-state index contributed by atoms with van der Waals surface area (Å²) in [6.07, 6.45) is 11.6. The highest BCUT2D eigenvalue weighted by Crippen LogP contribution is 2.54. The number of ether oxygens (including phenoxy) is 1. The number of aryl methyl sites for hydroxylation is 1. The molecule has 2 saturated carbocycles. The van der Waals surface area contributed by atoms with Gasteiger partial charge in [0.2, 0.25) is 0 Å². The van der Waals surface area contributed by atoms with Gasteiger partial charge in [-0.15, -0.1) is 0 Å². The molecule has 1 heterocycles. The average molecular weight is 348 g/mol. The number of guanidine groups is 1. The van der Waals surface area contributed by atoms with Crippen molar-refractivity contribution >= 4 is 5.96 Å². The normalized spacial score (nSPS) is 25.1. The summed E-state index contributed by atoms with van der Waals surface area (Å²) < 4.78 is 7.98. The van der Waals surface area contributed by atoms with Gasteiger partial charge in [0.05, 0.1) is 6.10 Å². The molecule has 0 amide bonds. The van der Waals surface area contributed by atoms with Gasteiger partial charge in [-0.05, 0) is 45.6 Å². The van der Waals surface area contributed by atoms with E-state index in [0.717, 1.165) is 45.0 Å². The van der Waals surface area contributed by atoms with Crippen molar-refractivity contribution in [3.05, 3.63) is 18.5 Å². The maximum atomic E-state index is 6.02. The summed E-state index contributed by atoms with van der Waals surface area (Å²) in [5, 5.41) is 11.3. The summed E-state index contributed by atoms with van der Waals surface area (Å²) in [6.45, 7) is 7.66. The second-order valence-corrected chi connectivity index (χ2v) is 7.20. The van der Waals surface area contributed by atoms with Crippen molar-refractivity contribution in [1.29, 1.82) is 0 Å². The van der Waals surface area contributed by atoms with Gasteiger partial charge in [-0.1, -0.05) is 12.8 Å². The van der Waals surface area contributed by atoms with E-state index in [2.05, 4.69) is 29.6 Å². The Balaban J connectivity index is 1.53. The van der Waals surface area contributed by atoms with Crippen molar-refractivity contribution in [1.82, 2.24) is 20.4 Å². The fourth-order valence-electron chi connectivity index (χ4n) is 4.43. The van der Waals surface area contributed by atoms with Gasteiger partial charge in [-0.25, -0.2) is 0 Å². The topological polar surface area (TPSA) is 63.5 Å². The van der Waals surface area contributed by atoms with Crippen molar-refractivity contribution in [3.63, 3.8) is 0 Å². The first-order valence-electron chi connectivity index (χ1n) is 9.92. The van der Waals surface area contributed by atoms with Gasteiger partial charge in [0, 0.05) is 50.1 Å². The summed E-state index contributed by atoms with van der Waals surface area (Å²) in [5.74, 6) is 0.953. The monoisotopic (exact) mass is 347 g/mol. The quantitative estimate of drug-likeness (QED) is 0.431. The molecule has 1 aromatic heterocycles. The Morgan fingerprint density at radius 2 is 2.20 bits per heavy atom. The van der Waals surface area contributed by atoms with E-state index in [4.69, 9.17) is 9.73 Å². The SMILES string of the molecule is CCNC(=NCCCn1cccn1)NC1CC(OCC)C12CCCC2. The van der Waals surface area contributed by atoms with Gasteiger partial charge in [0.25, 0.3) is 0 Å². The van der Waals surface area contributed by atoms with Crippen molar-refractivity contribution < 1.29 is 4.74 Å². The van der Waals surface area contributed by atoms with E-state index in [-0.39, 0.29) is 0 Å². The van der Waals surface area contributed by atoms with Crippen LogP contribution in [-0.2, 0) is 11.3 Å². The predicted octanol–water partition coefficient (Wildman–Crippen LogP) is 2.57. The molecule has 2 N–H and O–H groups in total. The number of aromatic nitrogens is 2. The number of nitrogens with one attached hydrogen (secondary N) is 2. The van der Waals surface area contributed by atoms with Gasteiger partial charge in [0.1, 0.15) is 0 Å². The second-order valence-electron chi connectivity index (χ2n) is 7.20. The number of hydrogen-bond donors (Lipinski definition) is 2. The molecule has 1 aromatic rings. The first-order valence-corrected chi connectivity index (χ1v) is 9.92. The lowest BCUT2D eigenvalue weighted by atomic mass is 9.60. The minimum atomic E-state index is 0.335. The first kappa shape index (κ1) is 18.2. The minimum Gasteiger partial charge on any atom is -0.378 e. The Kier molecular flexibility index (Phi) is 6.34. The fraction of sp³-hybridized carbons (Fsp3) is 0.789. The lowest BCUT2D eigenvalue weighted by Gasteiger charge is -2.54. The molecule has 0 bridgehead atoms. The molecule has 0 radical (unpaired) electrons. The zero-order valence-corrected chi connectivity index (χ0v) is 15.7. The fourth-order valence-corrected chi connectivity index (χ4v) is 4.43. The molecule has 6 nitrogen and oxygen atoms in total. The lowest BCUT2D eigenvalue weighted by molar-refractivity contribution is -0.125. The molecule has 2 unspecified atom stereocenters. The Morgan fingerprint density at radius 1 is 1.36 bits per heavy atom. The lowest BCUT2D eigenvalue weighted by Crippen LogP contribution is -2.65. The average Bonchev–Trinajstić information content (AvgIpc) is 3.30. The highest BCUT2D eigenvalue weighted by Gasteiger charge is 2.56. The van der Waals surface area contributed by atoms with Crippen LogP contribution >= 0.6 is 0 Å². The van der Waals surface area contributed by atoms with Crippen molar-refractivity contribution in [2.75, 3.05) is 19.7 Å². The van der Waals surface area contributed by atoms with Crippen molar-refractivity contribution in [2.45, 2.75) is 71.1 Å². The molecule has 0 aliphatic heterocycles. The summed E-state index contributed by atoms with van der Waals surface area (Å²) in [4.78, 5) is 4.77. The summed E-state index contributed by atoms with van der Waals surface area (Å²) >= 11 is 0. The molecule has 3 rings (SSSR count). The van der Waals surface area contributed by atoms with Crippen LogP contribution in [0.2, 0.25) is 0 Å². The van der Waals surface area contributed by atoms with Crippen LogP contribution in [0, 0.1) is 5.41 Å². The number of hydrogen-bond acceptors (Lipinski definition) is 3. The minimum absolute atomic E-state index is 0.335. The van der Waals surface area contributed by atoms with Crippen LogP contribution in [-0.4, -0.2) is 47.6 Å². The molecular weight excluding hydrogens is 314 g/mol. The maximum Gasteiger partial charge on any atom is 0.191 e. The molecule has 6 heteroatoms. The van der Waals surface area contributed by atoms with Gasteiger partial charge < -0.3 is 15.4 Å².